The van der Waals surface area contributed by atoms with Crippen molar-refractivity contribution in [2.75, 3.05) is 0 Å². The summed E-state index contributed by atoms with van der Waals surface area (Å²) in [6.45, 7) is 13.3. The molecule has 0 rings (SSSR count). The van der Waals surface area contributed by atoms with Gasteiger partial charge in [-0.25, -0.2) is 0 Å². The first kappa shape index (κ1) is 12.5. The Morgan fingerprint density at radius 3 is 2.08 bits per heavy atom. The third-order valence-electron chi connectivity index (χ3n) is 2.31. The molecule has 0 unspecified atom stereocenters. The van der Waals surface area contributed by atoms with Crippen molar-refractivity contribution in [3.63, 3.8) is 0 Å². The predicted molar refractivity (Wildman–Crippen MR) is 61.9 cm³/mol. The lowest BCUT2D eigenvalue weighted by atomic mass is 9.82. The van der Waals surface area contributed by atoms with E-state index in [-0.39, 0.29) is 0 Å². The molecule has 0 spiro atoms. The molecule has 0 aromatic carbocycles. The van der Waals surface area contributed by atoms with Crippen molar-refractivity contribution in [1.29, 1.82) is 0 Å². The van der Waals surface area contributed by atoms with Crippen LogP contribution in [0.3, 0.4) is 0 Å². The minimum absolute atomic E-state index is 0.411. The van der Waals surface area contributed by atoms with E-state index in [1.807, 2.05) is 0 Å². The number of hydrogen-bond acceptors (Lipinski definition) is 0. The summed E-state index contributed by atoms with van der Waals surface area (Å²) in [6.07, 6.45) is 6.93. The topological polar surface area (TPSA) is 0 Å². The summed E-state index contributed by atoms with van der Waals surface area (Å²) in [7, 11) is 0. The molecular formula is C13H24. The molecule has 0 saturated carbocycles. The van der Waals surface area contributed by atoms with Crippen LogP contribution < -0.4 is 0 Å². The third-order valence-corrected chi connectivity index (χ3v) is 2.31. The van der Waals surface area contributed by atoms with Crippen LogP contribution in [-0.4, -0.2) is 0 Å². The smallest absolute Gasteiger partial charge is 0.0269 e. The zero-order valence-electron chi connectivity index (χ0n) is 10.1. The lowest BCUT2D eigenvalue weighted by Gasteiger charge is -2.23. The Morgan fingerprint density at radius 1 is 1.15 bits per heavy atom. The Kier molecular flexibility index (Phi) is 5.05. The highest BCUT2D eigenvalue weighted by molar-refractivity contribution is 5.03. The van der Waals surface area contributed by atoms with E-state index in [2.05, 4.69) is 53.7 Å². The Hall–Kier alpha value is -0.520. The summed E-state index contributed by atoms with van der Waals surface area (Å²) in [5.74, 6) is 0. The first-order valence-electron chi connectivity index (χ1n) is 5.12. The lowest BCUT2D eigenvalue weighted by Crippen LogP contribution is -2.10. The van der Waals surface area contributed by atoms with Gasteiger partial charge in [-0.05, 0) is 46.0 Å². The molecular weight excluding hydrogens is 156 g/mol. The van der Waals surface area contributed by atoms with Gasteiger partial charge in [-0.1, -0.05) is 37.1 Å². The van der Waals surface area contributed by atoms with Gasteiger partial charge in [0.1, 0.15) is 0 Å². The highest BCUT2D eigenvalue weighted by atomic mass is 14.2. The van der Waals surface area contributed by atoms with Gasteiger partial charge in [0, 0.05) is 0 Å². The SMILES string of the molecule is C/C=C(\C)CC(C)(C)CC=C(C)C. The van der Waals surface area contributed by atoms with Crippen LogP contribution in [0.25, 0.3) is 0 Å². The van der Waals surface area contributed by atoms with Gasteiger partial charge >= 0.3 is 0 Å². The maximum Gasteiger partial charge on any atom is -0.0269 e. The predicted octanol–water partition coefficient (Wildman–Crippen LogP) is 4.73. The molecule has 0 aliphatic carbocycles. The van der Waals surface area contributed by atoms with E-state index in [1.165, 1.54) is 24.0 Å². The van der Waals surface area contributed by atoms with E-state index >= 15 is 0 Å². The van der Waals surface area contributed by atoms with Crippen molar-refractivity contribution in [3.05, 3.63) is 23.3 Å². The fourth-order valence-corrected chi connectivity index (χ4v) is 1.41. The molecule has 0 amide bonds. The zero-order chi connectivity index (χ0) is 10.5. The van der Waals surface area contributed by atoms with E-state index in [0.29, 0.717) is 5.41 Å². The van der Waals surface area contributed by atoms with E-state index in [4.69, 9.17) is 0 Å². The summed E-state index contributed by atoms with van der Waals surface area (Å²) in [4.78, 5) is 0. The van der Waals surface area contributed by atoms with Crippen LogP contribution in [-0.2, 0) is 0 Å². The second-order valence-electron chi connectivity index (χ2n) is 4.96. The van der Waals surface area contributed by atoms with Crippen LogP contribution in [0.1, 0.15) is 54.4 Å². The molecule has 0 atom stereocenters. The monoisotopic (exact) mass is 180 g/mol. The van der Waals surface area contributed by atoms with Gasteiger partial charge in [0.15, 0.2) is 0 Å². The number of hydrogen-bond donors (Lipinski definition) is 0. The van der Waals surface area contributed by atoms with Gasteiger partial charge in [-0.3, -0.25) is 0 Å². The van der Waals surface area contributed by atoms with Crippen LogP contribution in [0.15, 0.2) is 23.3 Å². The van der Waals surface area contributed by atoms with E-state index in [1.54, 1.807) is 0 Å². The molecule has 13 heavy (non-hydrogen) atoms. The molecule has 0 N–H and O–H groups in total. The van der Waals surface area contributed by atoms with Crippen LogP contribution in [0.2, 0.25) is 0 Å². The van der Waals surface area contributed by atoms with Gasteiger partial charge in [0.2, 0.25) is 0 Å². The van der Waals surface area contributed by atoms with Crippen LogP contribution in [0.4, 0.5) is 0 Å². The molecule has 0 aliphatic heterocycles. The summed E-state index contributed by atoms with van der Waals surface area (Å²) < 4.78 is 0. The molecule has 0 aliphatic rings. The number of allylic oxidation sites excluding steroid dienone is 4. The second kappa shape index (κ2) is 5.26. The summed E-state index contributed by atoms with van der Waals surface area (Å²) >= 11 is 0. The minimum atomic E-state index is 0.411. The number of rotatable bonds is 4. The first-order valence-corrected chi connectivity index (χ1v) is 5.12. The highest BCUT2D eigenvalue weighted by Crippen LogP contribution is 2.29. The summed E-state index contributed by atoms with van der Waals surface area (Å²) in [5, 5.41) is 0. The molecule has 0 nitrogen and oxygen atoms in total. The van der Waals surface area contributed by atoms with Gasteiger partial charge in [0.25, 0.3) is 0 Å². The Bertz CT molecular complexity index is 200. The van der Waals surface area contributed by atoms with Crippen LogP contribution >= 0.6 is 0 Å². The van der Waals surface area contributed by atoms with E-state index in [0.717, 1.165) is 0 Å². The van der Waals surface area contributed by atoms with Crippen molar-refractivity contribution in [2.24, 2.45) is 5.41 Å². The molecule has 0 bridgehead atoms. The molecule has 0 aromatic rings. The average molecular weight is 180 g/mol. The van der Waals surface area contributed by atoms with E-state index < -0.39 is 0 Å². The molecule has 0 radical (unpaired) electrons. The lowest BCUT2D eigenvalue weighted by molar-refractivity contribution is 0.366. The Morgan fingerprint density at radius 2 is 1.69 bits per heavy atom. The van der Waals surface area contributed by atoms with Crippen molar-refractivity contribution in [2.45, 2.75) is 54.4 Å². The largest absolute Gasteiger partial charge is 0.0887 e. The molecule has 76 valence electrons. The Balaban J connectivity index is 4.16. The molecule has 0 aromatic heterocycles. The fourth-order valence-electron chi connectivity index (χ4n) is 1.41. The summed E-state index contributed by atoms with van der Waals surface area (Å²) in [5.41, 5.74) is 3.33. The zero-order valence-corrected chi connectivity index (χ0v) is 10.1. The third kappa shape index (κ3) is 6.62. The van der Waals surface area contributed by atoms with Crippen molar-refractivity contribution < 1.29 is 0 Å². The molecule has 0 fully saturated rings. The average Bonchev–Trinajstić information content (AvgIpc) is 2.00. The van der Waals surface area contributed by atoms with Gasteiger partial charge in [-0.2, -0.15) is 0 Å². The first-order chi connectivity index (χ1) is 5.87. The maximum atomic E-state index is 2.34. The summed E-state index contributed by atoms with van der Waals surface area (Å²) in [6, 6.07) is 0. The standard InChI is InChI=1S/C13H24/c1-7-12(4)10-13(5,6)9-8-11(2)3/h7-8H,9-10H2,1-6H3/b12-7+. The van der Waals surface area contributed by atoms with Gasteiger partial charge in [-0.15, -0.1) is 0 Å². The fraction of sp³-hybridized carbons (Fsp3) is 0.692. The normalized spacial score (nSPS) is 12.9. The van der Waals surface area contributed by atoms with Crippen LogP contribution in [0, 0.1) is 5.41 Å². The Labute approximate surface area is 83.7 Å². The quantitative estimate of drug-likeness (QED) is 0.549. The minimum Gasteiger partial charge on any atom is -0.0887 e. The van der Waals surface area contributed by atoms with Gasteiger partial charge < -0.3 is 0 Å². The van der Waals surface area contributed by atoms with Gasteiger partial charge in [0.05, 0.1) is 0 Å². The molecule has 0 heteroatoms. The van der Waals surface area contributed by atoms with Crippen molar-refractivity contribution >= 4 is 0 Å². The second-order valence-corrected chi connectivity index (χ2v) is 4.96. The highest BCUT2D eigenvalue weighted by Gasteiger charge is 2.16. The van der Waals surface area contributed by atoms with Crippen molar-refractivity contribution in [1.82, 2.24) is 0 Å². The van der Waals surface area contributed by atoms with E-state index in [9.17, 15) is 0 Å². The molecule has 0 heterocycles. The van der Waals surface area contributed by atoms with Crippen molar-refractivity contribution in [3.8, 4) is 0 Å². The molecule has 0 saturated heterocycles. The maximum absolute atomic E-state index is 2.34. The van der Waals surface area contributed by atoms with Crippen LogP contribution in [0.5, 0.6) is 0 Å².